The van der Waals surface area contributed by atoms with Crippen molar-refractivity contribution in [1.82, 2.24) is 4.72 Å². The van der Waals surface area contributed by atoms with Crippen LogP contribution in [-0.2, 0) is 14.8 Å². The highest BCUT2D eigenvalue weighted by molar-refractivity contribution is 7.89. The molecule has 1 aromatic rings. The minimum atomic E-state index is -3.41. The van der Waals surface area contributed by atoms with Gasteiger partial charge in [0.15, 0.2) is 0 Å². The Labute approximate surface area is 101 Å². The molecular weight excluding hydrogens is 242 g/mol. The summed E-state index contributed by atoms with van der Waals surface area (Å²) in [6, 6.07) is 8.22. The molecule has 0 saturated heterocycles. The van der Waals surface area contributed by atoms with E-state index >= 15 is 0 Å². The molecular formula is C11H17NO4S. The minimum absolute atomic E-state index is 0.0181. The van der Waals surface area contributed by atoms with Gasteiger partial charge in [-0.05, 0) is 18.6 Å². The first kappa shape index (κ1) is 14.1. The maximum Gasteiger partial charge on any atom is 0.240 e. The van der Waals surface area contributed by atoms with Gasteiger partial charge < -0.3 is 9.84 Å². The second-order valence-corrected chi connectivity index (χ2v) is 5.17. The first-order valence-electron chi connectivity index (χ1n) is 5.40. The van der Waals surface area contributed by atoms with E-state index in [2.05, 4.69) is 4.72 Å². The van der Waals surface area contributed by atoms with Gasteiger partial charge in [0.25, 0.3) is 0 Å². The Morgan fingerprint density at radius 3 is 2.53 bits per heavy atom. The van der Waals surface area contributed by atoms with Crippen LogP contribution in [0.4, 0.5) is 0 Å². The van der Waals surface area contributed by atoms with E-state index in [9.17, 15) is 8.42 Å². The lowest BCUT2D eigenvalue weighted by Crippen LogP contribution is -2.25. The summed E-state index contributed by atoms with van der Waals surface area (Å²) in [6.07, 6.45) is 0.575. The summed E-state index contributed by atoms with van der Waals surface area (Å²) in [4.78, 5) is 0.260. The number of aliphatic hydroxyl groups excluding tert-OH is 1. The zero-order valence-electron chi connectivity index (χ0n) is 9.50. The highest BCUT2D eigenvalue weighted by atomic mass is 32.2. The van der Waals surface area contributed by atoms with Crippen molar-refractivity contribution >= 4 is 10.0 Å². The zero-order valence-corrected chi connectivity index (χ0v) is 10.3. The lowest BCUT2D eigenvalue weighted by molar-refractivity contribution is 0.0913. The van der Waals surface area contributed by atoms with E-state index in [-0.39, 0.29) is 18.1 Å². The van der Waals surface area contributed by atoms with Crippen molar-refractivity contribution in [2.45, 2.75) is 11.3 Å². The van der Waals surface area contributed by atoms with E-state index < -0.39 is 10.0 Å². The van der Waals surface area contributed by atoms with Gasteiger partial charge in [-0.3, -0.25) is 0 Å². The first-order valence-corrected chi connectivity index (χ1v) is 6.88. The third-order valence-corrected chi connectivity index (χ3v) is 3.52. The van der Waals surface area contributed by atoms with E-state index in [1.165, 1.54) is 0 Å². The quantitative estimate of drug-likeness (QED) is 0.661. The number of sulfonamides is 1. The standard InChI is InChI=1S/C11H17NO4S/c13-8-10-16-9-4-7-12-17(14,15)11-5-2-1-3-6-11/h1-3,5-6,12-13H,4,7-10H2. The van der Waals surface area contributed by atoms with Crippen LogP contribution in [0.1, 0.15) is 6.42 Å². The third kappa shape index (κ3) is 5.27. The van der Waals surface area contributed by atoms with Gasteiger partial charge in [-0.2, -0.15) is 0 Å². The molecule has 0 heterocycles. The van der Waals surface area contributed by atoms with E-state index in [4.69, 9.17) is 9.84 Å². The second-order valence-electron chi connectivity index (χ2n) is 3.40. The molecule has 0 aliphatic rings. The van der Waals surface area contributed by atoms with E-state index in [0.717, 1.165) is 0 Å². The molecule has 0 aliphatic carbocycles. The van der Waals surface area contributed by atoms with Crippen molar-refractivity contribution < 1.29 is 18.3 Å². The Morgan fingerprint density at radius 2 is 1.88 bits per heavy atom. The topological polar surface area (TPSA) is 75.6 Å². The van der Waals surface area contributed by atoms with Gasteiger partial charge in [0, 0.05) is 13.2 Å². The van der Waals surface area contributed by atoms with Gasteiger partial charge >= 0.3 is 0 Å². The maximum atomic E-state index is 11.7. The molecule has 17 heavy (non-hydrogen) atoms. The Bertz CT molecular complexity index is 405. The SMILES string of the molecule is O=S(=O)(NCCCOCCO)c1ccccc1. The molecule has 0 aliphatic heterocycles. The van der Waals surface area contributed by atoms with Crippen LogP contribution in [0.2, 0.25) is 0 Å². The summed E-state index contributed by atoms with van der Waals surface area (Å²) >= 11 is 0. The molecule has 1 rings (SSSR count). The van der Waals surface area contributed by atoms with Crippen LogP contribution >= 0.6 is 0 Å². The van der Waals surface area contributed by atoms with Crippen molar-refractivity contribution in [2.75, 3.05) is 26.4 Å². The normalized spacial score (nSPS) is 11.6. The Morgan fingerprint density at radius 1 is 1.18 bits per heavy atom. The van der Waals surface area contributed by atoms with Gasteiger partial charge in [-0.1, -0.05) is 18.2 Å². The number of benzene rings is 1. The Kier molecular flexibility index (Phi) is 6.13. The first-order chi connectivity index (χ1) is 8.17. The van der Waals surface area contributed by atoms with Crippen LogP contribution < -0.4 is 4.72 Å². The van der Waals surface area contributed by atoms with E-state index in [1.807, 2.05) is 0 Å². The van der Waals surface area contributed by atoms with Crippen molar-refractivity contribution in [2.24, 2.45) is 0 Å². The Hall–Kier alpha value is -0.950. The molecule has 6 heteroatoms. The fourth-order valence-electron chi connectivity index (χ4n) is 1.23. The molecule has 0 atom stereocenters. The van der Waals surface area contributed by atoms with Crippen LogP contribution in [0.3, 0.4) is 0 Å². The molecule has 0 bridgehead atoms. The number of ether oxygens (including phenoxy) is 1. The average Bonchev–Trinajstić information content (AvgIpc) is 2.35. The van der Waals surface area contributed by atoms with Crippen LogP contribution in [0.25, 0.3) is 0 Å². The smallest absolute Gasteiger partial charge is 0.240 e. The predicted octanol–water partition coefficient (Wildman–Crippen LogP) is 0.364. The van der Waals surface area contributed by atoms with Crippen LogP contribution in [-0.4, -0.2) is 39.9 Å². The fraction of sp³-hybridized carbons (Fsp3) is 0.455. The third-order valence-electron chi connectivity index (χ3n) is 2.05. The average molecular weight is 259 g/mol. The van der Waals surface area contributed by atoms with Crippen LogP contribution in [0.5, 0.6) is 0 Å². The summed E-state index contributed by atoms with van der Waals surface area (Å²) in [5, 5.41) is 8.46. The monoisotopic (exact) mass is 259 g/mol. The largest absolute Gasteiger partial charge is 0.394 e. The number of hydrogen-bond donors (Lipinski definition) is 2. The fourth-order valence-corrected chi connectivity index (χ4v) is 2.33. The van der Waals surface area contributed by atoms with Gasteiger partial charge in [-0.15, -0.1) is 0 Å². The lowest BCUT2D eigenvalue weighted by Gasteiger charge is -2.06. The molecule has 0 radical (unpaired) electrons. The van der Waals surface area contributed by atoms with Crippen molar-refractivity contribution in [3.05, 3.63) is 30.3 Å². The predicted molar refractivity (Wildman–Crippen MR) is 64.2 cm³/mol. The van der Waals surface area contributed by atoms with Crippen LogP contribution in [0, 0.1) is 0 Å². The molecule has 0 saturated carbocycles. The highest BCUT2D eigenvalue weighted by Crippen LogP contribution is 2.06. The summed E-state index contributed by atoms with van der Waals surface area (Å²) in [7, 11) is -3.41. The number of rotatable bonds is 8. The molecule has 5 nitrogen and oxygen atoms in total. The molecule has 0 unspecified atom stereocenters. The zero-order chi connectivity index (χ0) is 12.6. The summed E-state index contributed by atoms with van der Waals surface area (Å²) < 4.78 is 31.0. The van der Waals surface area contributed by atoms with E-state index in [1.54, 1.807) is 30.3 Å². The number of hydrogen-bond acceptors (Lipinski definition) is 4. The molecule has 0 aromatic heterocycles. The van der Waals surface area contributed by atoms with Gasteiger partial charge in [0.1, 0.15) is 0 Å². The van der Waals surface area contributed by atoms with Crippen LogP contribution in [0.15, 0.2) is 35.2 Å². The molecule has 1 aromatic carbocycles. The molecule has 0 amide bonds. The Balaban J connectivity index is 2.31. The number of aliphatic hydroxyl groups is 1. The summed E-state index contributed by atoms with van der Waals surface area (Å²) in [5.74, 6) is 0. The van der Waals surface area contributed by atoms with Gasteiger partial charge in [0.2, 0.25) is 10.0 Å². The maximum absolute atomic E-state index is 11.7. The van der Waals surface area contributed by atoms with Crippen molar-refractivity contribution in [3.63, 3.8) is 0 Å². The summed E-state index contributed by atoms with van der Waals surface area (Å²) in [5.41, 5.74) is 0. The molecule has 0 spiro atoms. The summed E-state index contributed by atoms with van der Waals surface area (Å²) in [6.45, 7) is 1.02. The molecule has 0 fully saturated rings. The lowest BCUT2D eigenvalue weighted by atomic mass is 10.4. The molecule has 2 N–H and O–H groups in total. The van der Waals surface area contributed by atoms with Gasteiger partial charge in [0.05, 0.1) is 18.1 Å². The second kappa shape index (κ2) is 7.39. The highest BCUT2D eigenvalue weighted by Gasteiger charge is 2.11. The van der Waals surface area contributed by atoms with Gasteiger partial charge in [-0.25, -0.2) is 13.1 Å². The van der Waals surface area contributed by atoms with Crippen molar-refractivity contribution in [1.29, 1.82) is 0 Å². The van der Waals surface area contributed by atoms with Crippen molar-refractivity contribution in [3.8, 4) is 0 Å². The minimum Gasteiger partial charge on any atom is -0.394 e. The van der Waals surface area contributed by atoms with E-state index in [0.29, 0.717) is 19.6 Å². The molecule has 96 valence electrons. The number of nitrogens with one attached hydrogen (secondary N) is 1.